The number of hydrogen-bond acceptors (Lipinski definition) is 4. The zero-order valence-corrected chi connectivity index (χ0v) is 10.5. The summed E-state index contributed by atoms with van der Waals surface area (Å²) in [6.45, 7) is 4.16. The first-order valence-corrected chi connectivity index (χ1v) is 5.90. The van der Waals surface area contributed by atoms with E-state index in [9.17, 15) is 4.79 Å². The van der Waals surface area contributed by atoms with Crippen LogP contribution in [0.1, 0.15) is 22.7 Å². The Morgan fingerprint density at radius 3 is 2.75 bits per heavy atom. The number of thiophene rings is 1. The molecule has 2 N–H and O–H groups in total. The van der Waals surface area contributed by atoms with Crippen LogP contribution in [0.3, 0.4) is 0 Å². The number of aliphatic carboxylic acids is 1. The number of methoxy groups -OCH3 is 1. The molecular weight excluding hydrogens is 226 g/mol. The van der Waals surface area contributed by atoms with Crippen LogP contribution in [-0.2, 0) is 9.53 Å². The van der Waals surface area contributed by atoms with Gasteiger partial charge in [0.05, 0.1) is 6.61 Å². The Kier molecular flexibility index (Phi) is 4.92. The minimum Gasteiger partial charge on any atom is -0.480 e. The highest BCUT2D eigenvalue weighted by molar-refractivity contribution is 7.12. The molecule has 0 spiro atoms. The first-order valence-electron chi connectivity index (χ1n) is 5.08. The van der Waals surface area contributed by atoms with Crippen LogP contribution >= 0.6 is 11.3 Å². The summed E-state index contributed by atoms with van der Waals surface area (Å²) < 4.78 is 4.87. The molecule has 0 amide bonds. The van der Waals surface area contributed by atoms with Gasteiger partial charge in [0, 0.05) is 22.9 Å². The second-order valence-corrected chi connectivity index (χ2v) is 5.00. The van der Waals surface area contributed by atoms with Crippen LogP contribution in [-0.4, -0.2) is 30.8 Å². The quantitative estimate of drug-likeness (QED) is 0.800. The Morgan fingerprint density at radius 2 is 2.31 bits per heavy atom. The van der Waals surface area contributed by atoms with Crippen molar-refractivity contribution in [2.75, 3.05) is 13.7 Å². The summed E-state index contributed by atoms with van der Waals surface area (Å²) in [5.41, 5.74) is 0. The second-order valence-electron chi connectivity index (χ2n) is 3.68. The van der Waals surface area contributed by atoms with Crippen LogP contribution in [0.15, 0.2) is 12.1 Å². The Morgan fingerprint density at radius 1 is 1.62 bits per heavy atom. The minimum absolute atomic E-state index is 0.0231. The number of nitrogens with one attached hydrogen (secondary N) is 1. The molecule has 90 valence electrons. The lowest BCUT2D eigenvalue weighted by Crippen LogP contribution is -2.41. The predicted molar refractivity (Wildman–Crippen MR) is 63.9 cm³/mol. The second kappa shape index (κ2) is 5.98. The van der Waals surface area contributed by atoms with E-state index in [0.29, 0.717) is 0 Å². The average molecular weight is 243 g/mol. The van der Waals surface area contributed by atoms with E-state index in [2.05, 4.69) is 5.32 Å². The van der Waals surface area contributed by atoms with Crippen molar-refractivity contribution < 1.29 is 14.6 Å². The first-order chi connectivity index (χ1) is 7.54. The van der Waals surface area contributed by atoms with Crippen molar-refractivity contribution >= 4 is 17.3 Å². The van der Waals surface area contributed by atoms with Gasteiger partial charge in [-0.3, -0.25) is 10.1 Å². The number of hydrogen-bond donors (Lipinski definition) is 2. The molecule has 1 aromatic heterocycles. The molecular formula is C11H17NO3S. The Hall–Kier alpha value is -0.910. The van der Waals surface area contributed by atoms with E-state index in [0.717, 1.165) is 4.88 Å². The number of carboxylic acids is 1. The molecule has 1 heterocycles. The summed E-state index contributed by atoms with van der Waals surface area (Å²) in [6.07, 6.45) is 0. The SMILES string of the molecule is COCC(NC(C)c1ccc(C)s1)C(=O)O. The van der Waals surface area contributed by atoms with Crippen LogP contribution in [0, 0.1) is 6.92 Å². The largest absolute Gasteiger partial charge is 0.480 e. The maximum Gasteiger partial charge on any atom is 0.323 e. The number of ether oxygens (including phenoxy) is 1. The van der Waals surface area contributed by atoms with E-state index in [-0.39, 0.29) is 12.6 Å². The summed E-state index contributed by atoms with van der Waals surface area (Å²) in [7, 11) is 1.50. The number of carboxylic acid groups (broad SMARTS) is 1. The van der Waals surface area contributed by atoms with Gasteiger partial charge in [0.2, 0.25) is 0 Å². The van der Waals surface area contributed by atoms with Crippen molar-refractivity contribution in [3.05, 3.63) is 21.9 Å². The molecule has 0 aliphatic heterocycles. The molecule has 2 unspecified atom stereocenters. The molecule has 1 rings (SSSR count). The molecule has 4 nitrogen and oxygen atoms in total. The van der Waals surface area contributed by atoms with E-state index in [4.69, 9.17) is 9.84 Å². The van der Waals surface area contributed by atoms with Crippen molar-refractivity contribution in [1.82, 2.24) is 5.32 Å². The van der Waals surface area contributed by atoms with Crippen molar-refractivity contribution in [1.29, 1.82) is 0 Å². The molecule has 0 fully saturated rings. The third kappa shape index (κ3) is 3.59. The first kappa shape index (κ1) is 13.2. The van der Waals surface area contributed by atoms with Gasteiger partial charge in [0.25, 0.3) is 0 Å². The van der Waals surface area contributed by atoms with Gasteiger partial charge < -0.3 is 9.84 Å². The van der Waals surface area contributed by atoms with Crippen LogP contribution < -0.4 is 5.32 Å². The zero-order valence-electron chi connectivity index (χ0n) is 9.69. The number of aryl methyl sites for hydroxylation is 1. The van der Waals surface area contributed by atoms with Gasteiger partial charge in [-0.2, -0.15) is 0 Å². The average Bonchev–Trinajstić information content (AvgIpc) is 2.64. The molecule has 2 atom stereocenters. The normalized spacial score (nSPS) is 14.7. The Bertz CT molecular complexity index is 351. The van der Waals surface area contributed by atoms with Crippen LogP contribution in [0.2, 0.25) is 0 Å². The number of rotatable bonds is 6. The van der Waals surface area contributed by atoms with E-state index >= 15 is 0 Å². The van der Waals surface area contributed by atoms with Crippen LogP contribution in [0.5, 0.6) is 0 Å². The van der Waals surface area contributed by atoms with Gasteiger partial charge in [-0.25, -0.2) is 0 Å². The van der Waals surface area contributed by atoms with E-state index in [1.165, 1.54) is 12.0 Å². The van der Waals surface area contributed by atoms with Gasteiger partial charge in [-0.15, -0.1) is 11.3 Å². The topological polar surface area (TPSA) is 58.6 Å². The molecule has 0 aliphatic carbocycles. The maximum atomic E-state index is 10.9. The van der Waals surface area contributed by atoms with Crippen molar-refractivity contribution in [3.8, 4) is 0 Å². The van der Waals surface area contributed by atoms with Gasteiger partial charge in [-0.1, -0.05) is 0 Å². The summed E-state index contributed by atoms with van der Waals surface area (Å²) in [5, 5.41) is 12.0. The molecule has 5 heteroatoms. The van der Waals surface area contributed by atoms with Gasteiger partial charge in [0.15, 0.2) is 0 Å². The standard InChI is InChI=1S/C11H17NO3S/c1-7-4-5-10(16-7)8(2)12-9(6-15-3)11(13)14/h4-5,8-9,12H,6H2,1-3H3,(H,13,14). The third-order valence-electron chi connectivity index (χ3n) is 2.27. The molecule has 0 saturated carbocycles. The Labute approximate surface area is 99.2 Å². The highest BCUT2D eigenvalue weighted by Gasteiger charge is 2.20. The molecule has 0 radical (unpaired) electrons. The van der Waals surface area contributed by atoms with E-state index in [1.54, 1.807) is 11.3 Å². The van der Waals surface area contributed by atoms with Gasteiger partial charge in [-0.05, 0) is 26.0 Å². The third-order valence-corrected chi connectivity index (χ3v) is 3.45. The fraction of sp³-hybridized carbons (Fsp3) is 0.545. The lowest BCUT2D eigenvalue weighted by molar-refractivity contribution is -0.141. The fourth-order valence-electron chi connectivity index (χ4n) is 1.43. The van der Waals surface area contributed by atoms with Crippen LogP contribution in [0.4, 0.5) is 0 Å². The molecule has 0 bridgehead atoms. The van der Waals surface area contributed by atoms with Crippen molar-refractivity contribution in [2.24, 2.45) is 0 Å². The fourth-order valence-corrected chi connectivity index (χ4v) is 2.32. The zero-order chi connectivity index (χ0) is 12.1. The molecule has 0 aliphatic rings. The van der Waals surface area contributed by atoms with Gasteiger partial charge >= 0.3 is 5.97 Å². The van der Waals surface area contributed by atoms with E-state index in [1.807, 2.05) is 26.0 Å². The molecule has 0 aromatic carbocycles. The summed E-state index contributed by atoms with van der Waals surface area (Å²) in [6, 6.07) is 3.41. The highest BCUT2D eigenvalue weighted by atomic mass is 32.1. The Balaban J connectivity index is 2.61. The minimum atomic E-state index is -0.887. The number of carbonyl (C=O) groups is 1. The molecule has 0 saturated heterocycles. The lowest BCUT2D eigenvalue weighted by Gasteiger charge is -2.18. The molecule has 16 heavy (non-hydrogen) atoms. The van der Waals surface area contributed by atoms with E-state index < -0.39 is 12.0 Å². The maximum absolute atomic E-state index is 10.9. The van der Waals surface area contributed by atoms with Gasteiger partial charge in [0.1, 0.15) is 6.04 Å². The predicted octanol–water partition coefficient (Wildman–Crippen LogP) is 1.81. The monoisotopic (exact) mass is 243 g/mol. The summed E-state index contributed by atoms with van der Waals surface area (Å²) in [5.74, 6) is -0.887. The summed E-state index contributed by atoms with van der Waals surface area (Å²) in [4.78, 5) is 13.3. The van der Waals surface area contributed by atoms with Crippen LogP contribution in [0.25, 0.3) is 0 Å². The van der Waals surface area contributed by atoms with Crippen molar-refractivity contribution in [2.45, 2.75) is 25.9 Å². The summed E-state index contributed by atoms with van der Waals surface area (Å²) >= 11 is 1.67. The highest BCUT2D eigenvalue weighted by Crippen LogP contribution is 2.22. The van der Waals surface area contributed by atoms with Crippen molar-refractivity contribution in [3.63, 3.8) is 0 Å². The molecule has 1 aromatic rings. The smallest absolute Gasteiger partial charge is 0.323 e. The lowest BCUT2D eigenvalue weighted by atomic mass is 10.2.